The van der Waals surface area contributed by atoms with Crippen LogP contribution in [0.5, 0.6) is 0 Å². The molecule has 0 unspecified atom stereocenters. The minimum absolute atomic E-state index is 0.0833. The second kappa shape index (κ2) is 2.98. The molecule has 5 heteroatoms. The summed E-state index contributed by atoms with van der Waals surface area (Å²) in [6, 6.07) is 2.93. The van der Waals surface area contributed by atoms with E-state index in [-0.39, 0.29) is 11.4 Å². The molecule has 1 heterocycles. The lowest BCUT2D eigenvalue weighted by Gasteiger charge is -2.00. The molecule has 11 heavy (non-hydrogen) atoms. The highest BCUT2D eigenvalue weighted by atomic mass is 16.5. The van der Waals surface area contributed by atoms with Crippen LogP contribution in [-0.4, -0.2) is 21.3 Å². The molecule has 0 aliphatic rings. The molecule has 0 fully saturated rings. The highest BCUT2D eigenvalue weighted by Crippen LogP contribution is 2.09. The molecule has 0 aliphatic carbocycles. The zero-order valence-electron chi connectivity index (χ0n) is 5.48. The fourth-order valence-corrected chi connectivity index (χ4v) is 0.666. The summed E-state index contributed by atoms with van der Waals surface area (Å²) in [6.07, 6.45) is 1.34. The Morgan fingerprint density at radius 3 is 2.82 bits per heavy atom. The molecule has 0 saturated carbocycles. The van der Waals surface area contributed by atoms with Crippen molar-refractivity contribution in [3.05, 3.63) is 24.0 Å². The minimum Gasteiger partial charge on any atom is -0.476 e. The van der Waals surface area contributed by atoms with Gasteiger partial charge in [0.25, 0.3) is 0 Å². The van der Waals surface area contributed by atoms with Gasteiger partial charge in [-0.15, -0.1) is 0 Å². The summed E-state index contributed by atoms with van der Waals surface area (Å²) < 4.78 is 0. The van der Waals surface area contributed by atoms with Crippen LogP contribution in [0.4, 0.5) is 5.69 Å². The van der Waals surface area contributed by atoms with E-state index in [0.717, 1.165) is 0 Å². The number of aromatic carboxylic acids is 1. The van der Waals surface area contributed by atoms with Gasteiger partial charge in [-0.25, -0.2) is 9.78 Å². The molecule has 0 saturated heterocycles. The van der Waals surface area contributed by atoms with Crippen molar-refractivity contribution in [2.24, 2.45) is 0 Å². The van der Waals surface area contributed by atoms with E-state index in [2.05, 4.69) is 4.98 Å². The first kappa shape index (κ1) is 7.49. The lowest BCUT2D eigenvalue weighted by Crippen LogP contribution is -2.04. The minimum atomic E-state index is -1.18. The fraction of sp³-hybridized carbons (Fsp3) is 0. The largest absolute Gasteiger partial charge is 0.476 e. The van der Waals surface area contributed by atoms with Crippen LogP contribution in [0.3, 0.4) is 0 Å². The maximum Gasteiger partial charge on any atom is 0.356 e. The Bertz CT molecular complexity index is 274. The lowest BCUT2D eigenvalue weighted by atomic mass is 10.3. The Hall–Kier alpha value is -1.62. The summed E-state index contributed by atoms with van der Waals surface area (Å²) in [5, 5.41) is 16.9. The number of carboxylic acids is 1. The number of aromatic nitrogens is 1. The van der Waals surface area contributed by atoms with Crippen LogP contribution in [0.2, 0.25) is 0 Å². The maximum absolute atomic E-state index is 10.4. The number of nitrogens with one attached hydrogen (secondary N) is 1. The predicted molar refractivity (Wildman–Crippen MR) is 36.6 cm³/mol. The molecule has 0 spiro atoms. The van der Waals surface area contributed by atoms with Crippen molar-refractivity contribution in [2.45, 2.75) is 0 Å². The van der Waals surface area contributed by atoms with Crippen molar-refractivity contribution in [1.82, 2.24) is 4.98 Å². The number of carbonyl (C=O) groups is 1. The van der Waals surface area contributed by atoms with E-state index in [0.29, 0.717) is 0 Å². The molecule has 1 aromatic heterocycles. The van der Waals surface area contributed by atoms with Crippen LogP contribution < -0.4 is 5.48 Å². The van der Waals surface area contributed by atoms with Gasteiger partial charge in [-0.3, -0.25) is 10.7 Å². The van der Waals surface area contributed by atoms with E-state index in [1.807, 2.05) is 0 Å². The summed E-state index contributed by atoms with van der Waals surface area (Å²) in [5.74, 6) is -1.18. The van der Waals surface area contributed by atoms with Crippen LogP contribution in [0.15, 0.2) is 18.3 Å². The van der Waals surface area contributed by atoms with Gasteiger partial charge in [0.1, 0.15) is 0 Å². The summed E-state index contributed by atoms with van der Waals surface area (Å²) in [4.78, 5) is 13.9. The number of nitrogens with zero attached hydrogens (tertiary/aromatic N) is 1. The predicted octanol–water partition coefficient (Wildman–Crippen LogP) is 0.581. The Morgan fingerprint density at radius 1 is 1.64 bits per heavy atom. The lowest BCUT2D eigenvalue weighted by molar-refractivity contribution is 0.0691. The van der Waals surface area contributed by atoms with Gasteiger partial charge in [0.2, 0.25) is 0 Å². The third kappa shape index (κ3) is 1.44. The van der Waals surface area contributed by atoms with Crippen LogP contribution in [0.25, 0.3) is 0 Å². The Labute approximate surface area is 62.3 Å². The van der Waals surface area contributed by atoms with Crippen LogP contribution in [0, 0.1) is 0 Å². The van der Waals surface area contributed by atoms with Crippen LogP contribution >= 0.6 is 0 Å². The first-order valence-corrected chi connectivity index (χ1v) is 2.84. The van der Waals surface area contributed by atoms with Crippen molar-refractivity contribution in [3.8, 4) is 0 Å². The molecule has 0 aromatic carbocycles. The smallest absolute Gasteiger partial charge is 0.356 e. The van der Waals surface area contributed by atoms with E-state index in [1.54, 1.807) is 5.48 Å². The van der Waals surface area contributed by atoms with Gasteiger partial charge in [-0.1, -0.05) is 0 Å². The van der Waals surface area contributed by atoms with E-state index >= 15 is 0 Å². The van der Waals surface area contributed by atoms with Gasteiger partial charge in [0, 0.05) is 6.20 Å². The number of hydrogen-bond acceptors (Lipinski definition) is 4. The first-order valence-electron chi connectivity index (χ1n) is 2.84. The second-order valence-electron chi connectivity index (χ2n) is 1.82. The topological polar surface area (TPSA) is 82.5 Å². The van der Waals surface area contributed by atoms with E-state index in [4.69, 9.17) is 10.3 Å². The fourth-order valence-electron chi connectivity index (χ4n) is 0.666. The van der Waals surface area contributed by atoms with E-state index in [1.165, 1.54) is 18.3 Å². The number of pyridine rings is 1. The van der Waals surface area contributed by atoms with E-state index in [9.17, 15) is 4.79 Å². The summed E-state index contributed by atoms with van der Waals surface area (Å²) in [6.45, 7) is 0. The summed E-state index contributed by atoms with van der Waals surface area (Å²) in [7, 11) is 0. The normalized spacial score (nSPS) is 9.18. The van der Waals surface area contributed by atoms with Gasteiger partial charge in [-0.05, 0) is 12.1 Å². The number of hydrogen-bond donors (Lipinski definition) is 3. The molecular weight excluding hydrogens is 148 g/mol. The van der Waals surface area contributed by atoms with Crippen molar-refractivity contribution < 1.29 is 15.1 Å². The molecule has 58 valence electrons. The highest BCUT2D eigenvalue weighted by Gasteiger charge is 2.08. The molecular formula is C6H6N2O3. The first-order chi connectivity index (χ1) is 5.25. The second-order valence-corrected chi connectivity index (χ2v) is 1.82. The molecule has 1 aromatic rings. The Balaban J connectivity index is 3.12. The van der Waals surface area contributed by atoms with Gasteiger partial charge in [0.15, 0.2) is 5.69 Å². The summed E-state index contributed by atoms with van der Waals surface area (Å²) in [5.41, 5.74) is 1.62. The number of carboxylic acid groups (broad SMARTS) is 1. The van der Waals surface area contributed by atoms with Crippen LogP contribution in [0.1, 0.15) is 10.5 Å². The van der Waals surface area contributed by atoms with Gasteiger partial charge >= 0.3 is 5.97 Å². The third-order valence-electron chi connectivity index (χ3n) is 1.13. The quantitative estimate of drug-likeness (QED) is 0.543. The molecule has 0 aliphatic heterocycles. The number of rotatable bonds is 2. The SMILES string of the molecule is O=C(O)c1ncccc1NO. The van der Waals surface area contributed by atoms with Crippen molar-refractivity contribution >= 4 is 11.7 Å². The van der Waals surface area contributed by atoms with Crippen molar-refractivity contribution in [2.75, 3.05) is 5.48 Å². The molecule has 0 bridgehead atoms. The number of anilines is 1. The molecule has 3 N–H and O–H groups in total. The molecule has 0 amide bonds. The molecule has 1 rings (SSSR count). The molecule has 5 nitrogen and oxygen atoms in total. The average Bonchev–Trinajstić information content (AvgIpc) is 2.04. The molecule has 0 radical (unpaired) electrons. The van der Waals surface area contributed by atoms with Crippen LogP contribution in [-0.2, 0) is 0 Å². The Morgan fingerprint density at radius 2 is 2.36 bits per heavy atom. The van der Waals surface area contributed by atoms with Gasteiger partial charge in [-0.2, -0.15) is 0 Å². The zero-order chi connectivity index (χ0) is 8.27. The van der Waals surface area contributed by atoms with Gasteiger partial charge in [0.05, 0.1) is 5.69 Å². The Kier molecular flexibility index (Phi) is 2.03. The summed E-state index contributed by atoms with van der Waals surface area (Å²) >= 11 is 0. The van der Waals surface area contributed by atoms with E-state index < -0.39 is 5.97 Å². The van der Waals surface area contributed by atoms with Crippen molar-refractivity contribution in [1.29, 1.82) is 0 Å². The van der Waals surface area contributed by atoms with Crippen molar-refractivity contribution in [3.63, 3.8) is 0 Å². The molecule has 0 atom stereocenters. The third-order valence-corrected chi connectivity index (χ3v) is 1.13. The average molecular weight is 154 g/mol. The van der Waals surface area contributed by atoms with Gasteiger partial charge < -0.3 is 5.11 Å². The standard InChI is InChI=1S/C6H6N2O3/c9-6(10)5-4(8-11)2-1-3-7-5/h1-3,8,11H,(H,9,10). The highest BCUT2D eigenvalue weighted by molar-refractivity contribution is 5.91. The maximum atomic E-state index is 10.4. The zero-order valence-corrected chi connectivity index (χ0v) is 5.48. The monoisotopic (exact) mass is 154 g/mol.